The molecule has 5 heterocycles. The number of rotatable bonds is 6. The number of pyridine rings is 2. The number of hydrogen-bond acceptors (Lipinski definition) is 9. The van der Waals surface area contributed by atoms with Crippen LogP contribution in [0.1, 0.15) is 38.7 Å². The van der Waals surface area contributed by atoms with Crippen molar-refractivity contribution in [2.45, 2.75) is 18.8 Å². The minimum Gasteiger partial charge on any atom is -0.475 e. The molecule has 1 fully saturated rings. The molecule has 1 N–H and O–H groups in total. The Bertz CT molecular complexity index is 1780. The van der Waals surface area contributed by atoms with Gasteiger partial charge < -0.3 is 19.4 Å². The Morgan fingerprint density at radius 2 is 1.86 bits per heavy atom. The van der Waals surface area contributed by atoms with Crippen LogP contribution in [0.15, 0.2) is 71.9 Å². The van der Waals surface area contributed by atoms with Crippen molar-refractivity contribution in [1.29, 1.82) is 5.26 Å². The largest absolute Gasteiger partial charge is 0.475 e. The highest BCUT2D eigenvalue weighted by molar-refractivity contribution is 5.94. The maximum absolute atomic E-state index is 13.9. The van der Waals surface area contributed by atoms with Gasteiger partial charge in [0.25, 0.3) is 11.5 Å². The SMILES string of the molecule is N#Cc1ccc(N2CCN(C(=O)c3ccnc(OCC4c5ccccc5CN4c4cn[nH]c(=O)c4C(F)(F)F)c3)CC2)nc1. The van der Waals surface area contributed by atoms with Crippen LogP contribution in [0.3, 0.4) is 0 Å². The molecule has 0 spiro atoms. The van der Waals surface area contributed by atoms with E-state index in [-0.39, 0.29) is 30.6 Å². The molecule has 0 bridgehead atoms. The highest BCUT2D eigenvalue weighted by Gasteiger charge is 2.42. The molecule has 0 aliphatic carbocycles. The number of H-pyrrole nitrogens is 1. The molecule has 0 saturated carbocycles. The topological polar surface area (TPSA) is 131 Å². The fraction of sp³-hybridized carbons (Fsp3) is 0.267. The average Bonchev–Trinajstić information content (AvgIpc) is 3.41. The zero-order valence-electron chi connectivity index (χ0n) is 23.2. The number of ether oxygens (including phenoxy) is 1. The minimum atomic E-state index is -4.90. The van der Waals surface area contributed by atoms with Crippen LogP contribution in [0, 0.1) is 11.3 Å². The van der Waals surface area contributed by atoms with E-state index in [0.717, 1.165) is 23.1 Å². The van der Waals surface area contributed by atoms with Crippen LogP contribution >= 0.6 is 0 Å². The summed E-state index contributed by atoms with van der Waals surface area (Å²) in [5.41, 5.74) is -0.621. The Balaban J connectivity index is 1.16. The van der Waals surface area contributed by atoms with Crippen molar-refractivity contribution >= 4 is 17.4 Å². The van der Waals surface area contributed by atoms with Gasteiger partial charge in [0.05, 0.1) is 23.5 Å². The Morgan fingerprint density at radius 1 is 1.07 bits per heavy atom. The first-order valence-corrected chi connectivity index (χ1v) is 13.7. The van der Waals surface area contributed by atoms with Crippen LogP contribution in [0.25, 0.3) is 0 Å². The standard InChI is InChI=1S/C30H25F3N8O3/c31-30(32,33)27-23(16-37-38-28(27)42)41-17-21-3-1-2-4-22(21)24(41)18-44-26-13-20(7-8-35-26)29(43)40-11-9-39(10-12-40)25-6-5-19(14-34)15-36-25/h1-8,13,15-16,24H,9-12,17-18H2,(H,38,42). The van der Waals surface area contributed by atoms with E-state index in [1.54, 1.807) is 41.3 Å². The molecule has 1 aromatic carbocycles. The van der Waals surface area contributed by atoms with Crippen molar-refractivity contribution in [3.63, 3.8) is 0 Å². The lowest BCUT2D eigenvalue weighted by Crippen LogP contribution is -2.49. The second-order valence-electron chi connectivity index (χ2n) is 10.3. The molecule has 224 valence electrons. The van der Waals surface area contributed by atoms with Crippen molar-refractivity contribution < 1.29 is 22.7 Å². The third-order valence-electron chi connectivity index (χ3n) is 7.70. The lowest BCUT2D eigenvalue weighted by molar-refractivity contribution is -0.138. The fourth-order valence-corrected chi connectivity index (χ4v) is 5.52. The molecule has 2 aliphatic heterocycles. The summed E-state index contributed by atoms with van der Waals surface area (Å²) in [6.45, 7) is 2.06. The van der Waals surface area contributed by atoms with E-state index >= 15 is 0 Å². The summed E-state index contributed by atoms with van der Waals surface area (Å²) in [5, 5.41) is 14.5. The molecule has 11 nitrogen and oxygen atoms in total. The lowest BCUT2D eigenvalue weighted by atomic mass is 10.1. The number of hydrogen-bond donors (Lipinski definition) is 1. The second kappa shape index (κ2) is 11.7. The second-order valence-corrected chi connectivity index (χ2v) is 10.3. The number of nitrogens with one attached hydrogen (secondary N) is 1. The number of carbonyl (C=O) groups is 1. The monoisotopic (exact) mass is 602 g/mol. The van der Waals surface area contributed by atoms with Gasteiger partial charge in [0.2, 0.25) is 5.88 Å². The molecule has 1 atom stereocenters. The van der Waals surface area contributed by atoms with Crippen molar-refractivity contribution in [3.05, 3.63) is 105 Å². The number of alkyl halides is 3. The summed E-state index contributed by atoms with van der Waals surface area (Å²) in [6.07, 6.45) is -0.938. The van der Waals surface area contributed by atoms with Crippen molar-refractivity contribution in [2.24, 2.45) is 0 Å². The van der Waals surface area contributed by atoms with Gasteiger partial charge in [0, 0.05) is 56.7 Å². The van der Waals surface area contributed by atoms with Gasteiger partial charge in [-0.2, -0.15) is 23.5 Å². The van der Waals surface area contributed by atoms with Gasteiger partial charge in [0.15, 0.2) is 0 Å². The normalized spacial score (nSPS) is 16.4. The molecule has 0 radical (unpaired) electrons. The highest BCUT2D eigenvalue weighted by atomic mass is 19.4. The number of piperazine rings is 1. The lowest BCUT2D eigenvalue weighted by Gasteiger charge is -2.35. The number of nitrogens with zero attached hydrogens (tertiary/aromatic N) is 7. The average molecular weight is 603 g/mol. The third-order valence-corrected chi connectivity index (χ3v) is 7.70. The number of aromatic nitrogens is 4. The predicted octanol–water partition coefficient (Wildman–Crippen LogP) is 3.55. The zero-order valence-corrected chi connectivity index (χ0v) is 23.2. The first-order valence-electron chi connectivity index (χ1n) is 13.7. The van der Waals surface area contributed by atoms with Crippen molar-refractivity contribution in [1.82, 2.24) is 25.1 Å². The number of amides is 1. The molecular formula is C30H25F3N8O3. The minimum absolute atomic E-state index is 0.0952. The van der Waals surface area contributed by atoms with E-state index in [0.29, 0.717) is 37.3 Å². The number of aromatic amines is 1. The van der Waals surface area contributed by atoms with Gasteiger partial charge in [-0.3, -0.25) is 9.59 Å². The van der Waals surface area contributed by atoms with Gasteiger partial charge in [-0.1, -0.05) is 24.3 Å². The Hall–Kier alpha value is -5.45. The van der Waals surface area contributed by atoms with Gasteiger partial charge >= 0.3 is 6.18 Å². The quantitative estimate of drug-likeness (QED) is 0.352. The maximum atomic E-state index is 13.9. The molecule has 14 heteroatoms. The molecule has 2 aliphatic rings. The summed E-state index contributed by atoms with van der Waals surface area (Å²) in [7, 11) is 0. The molecular weight excluding hydrogens is 577 g/mol. The van der Waals surface area contributed by atoms with Crippen molar-refractivity contribution in [3.8, 4) is 11.9 Å². The van der Waals surface area contributed by atoms with Crippen LogP contribution in [-0.4, -0.2) is 63.8 Å². The van der Waals surface area contributed by atoms with Gasteiger partial charge in [-0.25, -0.2) is 15.1 Å². The van der Waals surface area contributed by atoms with E-state index in [2.05, 4.69) is 15.1 Å². The molecule has 1 saturated heterocycles. The van der Waals surface area contributed by atoms with Gasteiger partial charge in [0.1, 0.15) is 24.1 Å². The first-order chi connectivity index (χ1) is 21.2. The molecule has 6 rings (SSSR count). The van der Waals surface area contributed by atoms with Gasteiger partial charge in [-0.15, -0.1) is 0 Å². The highest BCUT2D eigenvalue weighted by Crippen LogP contribution is 2.42. The number of benzene rings is 1. The zero-order chi connectivity index (χ0) is 30.8. The molecule has 1 unspecified atom stereocenters. The number of fused-ring (bicyclic) bond motifs is 1. The van der Waals surface area contributed by atoms with E-state index < -0.39 is 23.3 Å². The Labute approximate surface area is 249 Å². The Kier molecular flexibility index (Phi) is 7.60. The maximum Gasteiger partial charge on any atom is 0.423 e. The van der Waals surface area contributed by atoms with Crippen molar-refractivity contribution in [2.75, 3.05) is 42.6 Å². The molecule has 3 aromatic heterocycles. The summed E-state index contributed by atoms with van der Waals surface area (Å²) in [4.78, 5) is 39.3. The molecule has 1 amide bonds. The van der Waals surface area contributed by atoms with E-state index in [1.807, 2.05) is 22.1 Å². The molecule has 4 aromatic rings. The molecule has 44 heavy (non-hydrogen) atoms. The van der Waals surface area contributed by atoms with Crippen LogP contribution in [0.5, 0.6) is 5.88 Å². The number of anilines is 2. The Morgan fingerprint density at radius 3 is 2.59 bits per heavy atom. The van der Waals surface area contributed by atoms with Crippen LogP contribution in [0.4, 0.5) is 24.7 Å². The summed E-state index contributed by atoms with van der Waals surface area (Å²) < 4.78 is 47.7. The first kappa shape index (κ1) is 28.7. The smallest absolute Gasteiger partial charge is 0.423 e. The number of nitriles is 1. The summed E-state index contributed by atoms with van der Waals surface area (Å²) in [5.74, 6) is 0.666. The summed E-state index contributed by atoms with van der Waals surface area (Å²) >= 11 is 0. The summed E-state index contributed by atoms with van der Waals surface area (Å²) in [6, 6.07) is 15.1. The number of halogens is 3. The predicted molar refractivity (Wildman–Crippen MR) is 152 cm³/mol. The van der Waals surface area contributed by atoms with E-state index in [1.165, 1.54) is 23.4 Å². The fourth-order valence-electron chi connectivity index (χ4n) is 5.52. The van der Waals surface area contributed by atoms with E-state index in [9.17, 15) is 22.8 Å². The van der Waals surface area contributed by atoms with E-state index in [4.69, 9.17) is 10.00 Å². The van der Waals surface area contributed by atoms with Gasteiger partial charge in [-0.05, 0) is 29.3 Å². The van der Waals surface area contributed by atoms with Crippen LogP contribution < -0.4 is 20.1 Å². The van der Waals surface area contributed by atoms with Crippen LogP contribution in [-0.2, 0) is 12.7 Å². The van der Waals surface area contributed by atoms with Crippen LogP contribution in [0.2, 0.25) is 0 Å². The number of carbonyl (C=O) groups excluding carboxylic acids is 1. The third kappa shape index (κ3) is 5.63.